The molecule has 148 valence electrons. The van der Waals surface area contributed by atoms with Gasteiger partial charge in [-0.3, -0.25) is 9.59 Å². The highest BCUT2D eigenvalue weighted by atomic mass is 32.1. The molecule has 1 atom stereocenters. The summed E-state index contributed by atoms with van der Waals surface area (Å²) in [5.74, 6) is 0.769. The van der Waals surface area contributed by atoms with Crippen molar-refractivity contribution in [1.82, 2.24) is 10.2 Å². The fourth-order valence-electron chi connectivity index (χ4n) is 3.74. The van der Waals surface area contributed by atoms with Gasteiger partial charge in [-0.2, -0.15) is 0 Å². The van der Waals surface area contributed by atoms with E-state index in [9.17, 15) is 9.59 Å². The van der Waals surface area contributed by atoms with Gasteiger partial charge in [0, 0.05) is 21.9 Å². The van der Waals surface area contributed by atoms with Crippen LogP contribution in [0.25, 0.3) is 0 Å². The Labute approximate surface area is 175 Å². The molecule has 4 heterocycles. The zero-order valence-electron chi connectivity index (χ0n) is 15.4. The molecule has 2 aliphatic heterocycles. The van der Waals surface area contributed by atoms with Crippen molar-refractivity contribution in [2.45, 2.75) is 12.5 Å². The van der Waals surface area contributed by atoms with Crippen LogP contribution in [0.2, 0.25) is 0 Å². The third-order valence-electron chi connectivity index (χ3n) is 5.13. The van der Waals surface area contributed by atoms with Gasteiger partial charge in [-0.25, -0.2) is 0 Å². The summed E-state index contributed by atoms with van der Waals surface area (Å²) in [6.07, 6.45) is 0.844. The van der Waals surface area contributed by atoms with E-state index < -0.39 is 0 Å². The highest BCUT2D eigenvalue weighted by molar-refractivity contribution is 7.10. The molecule has 1 aromatic carbocycles. The highest BCUT2D eigenvalue weighted by Crippen LogP contribution is 2.39. The molecule has 6 nitrogen and oxygen atoms in total. The molecule has 1 N–H and O–H groups in total. The van der Waals surface area contributed by atoms with Crippen molar-refractivity contribution < 1.29 is 19.1 Å². The van der Waals surface area contributed by atoms with Crippen LogP contribution in [0.15, 0.2) is 47.2 Å². The second kappa shape index (κ2) is 7.53. The lowest BCUT2D eigenvalue weighted by Crippen LogP contribution is -2.45. The third-order valence-corrected chi connectivity index (χ3v) is 7.06. The van der Waals surface area contributed by atoms with Crippen molar-refractivity contribution in [3.63, 3.8) is 0 Å². The Bertz CT molecular complexity index is 1060. The van der Waals surface area contributed by atoms with Crippen LogP contribution in [0.3, 0.4) is 0 Å². The molecule has 0 fully saturated rings. The van der Waals surface area contributed by atoms with E-state index in [1.807, 2.05) is 16.3 Å². The average molecular weight is 427 g/mol. The lowest BCUT2D eigenvalue weighted by atomic mass is 9.98. The van der Waals surface area contributed by atoms with Gasteiger partial charge < -0.3 is 19.7 Å². The Morgan fingerprint density at radius 2 is 2.00 bits per heavy atom. The topological polar surface area (TPSA) is 67.9 Å². The molecule has 0 saturated carbocycles. The molecule has 0 bridgehead atoms. The number of hydrogen-bond acceptors (Lipinski definition) is 6. The van der Waals surface area contributed by atoms with Gasteiger partial charge in [0.05, 0.1) is 12.6 Å². The monoisotopic (exact) mass is 426 g/mol. The van der Waals surface area contributed by atoms with E-state index in [-0.39, 0.29) is 31.2 Å². The minimum atomic E-state index is -0.308. The summed E-state index contributed by atoms with van der Waals surface area (Å²) < 4.78 is 10.6. The molecule has 0 spiro atoms. The lowest BCUT2D eigenvalue weighted by Gasteiger charge is -2.35. The molecular formula is C21H18N2O4S2. The van der Waals surface area contributed by atoms with Gasteiger partial charge >= 0.3 is 0 Å². The maximum absolute atomic E-state index is 13.0. The molecule has 0 radical (unpaired) electrons. The quantitative estimate of drug-likeness (QED) is 0.694. The van der Waals surface area contributed by atoms with Crippen LogP contribution >= 0.6 is 22.7 Å². The molecule has 2 aromatic heterocycles. The van der Waals surface area contributed by atoms with E-state index in [1.165, 1.54) is 10.4 Å². The molecule has 2 amide bonds. The molecule has 0 aliphatic carbocycles. The van der Waals surface area contributed by atoms with Crippen LogP contribution in [-0.4, -0.2) is 36.6 Å². The standard InChI is InChI=1S/C21H18N2O4S2/c24-19(11-22-21(25)13-3-4-15-16(10-13)27-12-26-15)23-7-5-17-14(6-9-29-17)20(23)18-2-1-8-28-18/h1-4,6,8-10,20H,5,7,11-12H2,(H,22,25)/t20-/m1/s1. The fraction of sp³-hybridized carbons (Fsp3) is 0.238. The van der Waals surface area contributed by atoms with Crippen LogP contribution in [0, 0.1) is 0 Å². The van der Waals surface area contributed by atoms with Gasteiger partial charge in [-0.15, -0.1) is 22.7 Å². The Kier molecular flexibility index (Phi) is 4.73. The van der Waals surface area contributed by atoms with Crippen LogP contribution in [0.5, 0.6) is 11.5 Å². The predicted molar refractivity (Wildman–Crippen MR) is 111 cm³/mol. The molecule has 29 heavy (non-hydrogen) atoms. The largest absolute Gasteiger partial charge is 0.454 e. The summed E-state index contributed by atoms with van der Waals surface area (Å²) in [5, 5.41) is 6.86. The normalized spacial score (nSPS) is 17.1. The van der Waals surface area contributed by atoms with Gasteiger partial charge in [0.25, 0.3) is 5.91 Å². The number of benzene rings is 1. The van der Waals surface area contributed by atoms with Gasteiger partial charge in [-0.05, 0) is 53.1 Å². The van der Waals surface area contributed by atoms with Crippen molar-refractivity contribution in [1.29, 1.82) is 0 Å². The number of nitrogens with zero attached hydrogens (tertiary/aromatic N) is 1. The zero-order chi connectivity index (χ0) is 19.8. The number of hydrogen-bond donors (Lipinski definition) is 1. The first-order valence-corrected chi connectivity index (χ1v) is 11.0. The Balaban J connectivity index is 1.30. The molecular weight excluding hydrogens is 408 g/mol. The first-order chi connectivity index (χ1) is 14.2. The minimum Gasteiger partial charge on any atom is -0.454 e. The van der Waals surface area contributed by atoms with E-state index in [0.29, 0.717) is 23.6 Å². The Morgan fingerprint density at radius 1 is 1.10 bits per heavy atom. The second-order valence-corrected chi connectivity index (χ2v) is 8.78. The number of amides is 2. The number of nitrogens with one attached hydrogen (secondary N) is 1. The summed E-state index contributed by atoms with van der Waals surface area (Å²) in [6, 6.07) is 11.1. The molecule has 8 heteroatoms. The summed E-state index contributed by atoms with van der Waals surface area (Å²) in [6.45, 7) is 0.756. The van der Waals surface area contributed by atoms with Crippen LogP contribution in [0.4, 0.5) is 0 Å². The number of carbonyl (C=O) groups is 2. The highest BCUT2D eigenvalue weighted by Gasteiger charge is 2.33. The van der Waals surface area contributed by atoms with E-state index in [2.05, 4.69) is 22.8 Å². The molecule has 3 aromatic rings. The number of thiophene rings is 2. The number of rotatable bonds is 4. The Morgan fingerprint density at radius 3 is 2.86 bits per heavy atom. The molecule has 0 saturated heterocycles. The van der Waals surface area contributed by atoms with Crippen molar-refractivity contribution in [2.24, 2.45) is 0 Å². The SMILES string of the molecule is O=C(NCC(=O)N1CCc2sccc2[C@@H]1c1cccs1)c1ccc2c(c1)OCO2. The van der Waals surface area contributed by atoms with Gasteiger partial charge in [0.2, 0.25) is 12.7 Å². The first-order valence-electron chi connectivity index (χ1n) is 9.27. The smallest absolute Gasteiger partial charge is 0.251 e. The predicted octanol–water partition coefficient (Wildman–Crippen LogP) is 3.44. The van der Waals surface area contributed by atoms with Crippen molar-refractivity contribution >= 4 is 34.5 Å². The zero-order valence-corrected chi connectivity index (χ0v) is 17.1. The van der Waals surface area contributed by atoms with Crippen LogP contribution < -0.4 is 14.8 Å². The number of fused-ring (bicyclic) bond motifs is 2. The number of carbonyl (C=O) groups excluding carboxylic acids is 2. The Hall–Kier alpha value is -2.84. The van der Waals surface area contributed by atoms with E-state index in [1.54, 1.807) is 40.9 Å². The second-order valence-electron chi connectivity index (χ2n) is 6.80. The number of ether oxygens (including phenoxy) is 2. The molecule has 0 unspecified atom stereocenters. The summed E-state index contributed by atoms with van der Waals surface area (Å²) in [4.78, 5) is 29.9. The van der Waals surface area contributed by atoms with Gasteiger partial charge in [0.15, 0.2) is 11.5 Å². The molecule has 5 rings (SSSR count). The van der Waals surface area contributed by atoms with Crippen LogP contribution in [-0.2, 0) is 11.2 Å². The van der Waals surface area contributed by atoms with Gasteiger partial charge in [0.1, 0.15) is 0 Å². The average Bonchev–Trinajstić information content (AvgIpc) is 3.51. The van der Waals surface area contributed by atoms with E-state index >= 15 is 0 Å². The van der Waals surface area contributed by atoms with Crippen molar-refractivity contribution in [3.8, 4) is 11.5 Å². The lowest BCUT2D eigenvalue weighted by molar-refractivity contribution is -0.132. The minimum absolute atomic E-state index is 0.0470. The maximum Gasteiger partial charge on any atom is 0.251 e. The summed E-state index contributed by atoms with van der Waals surface area (Å²) in [5.41, 5.74) is 1.63. The first kappa shape index (κ1) is 18.2. The van der Waals surface area contributed by atoms with Crippen molar-refractivity contribution in [3.05, 3.63) is 68.0 Å². The summed E-state index contributed by atoms with van der Waals surface area (Å²) >= 11 is 3.39. The fourth-order valence-corrected chi connectivity index (χ4v) is 5.49. The maximum atomic E-state index is 13.0. The molecule has 2 aliphatic rings. The van der Waals surface area contributed by atoms with E-state index in [0.717, 1.165) is 11.3 Å². The third kappa shape index (κ3) is 3.38. The van der Waals surface area contributed by atoms with Crippen LogP contribution in [0.1, 0.15) is 31.7 Å². The van der Waals surface area contributed by atoms with E-state index in [4.69, 9.17) is 9.47 Å². The summed E-state index contributed by atoms with van der Waals surface area (Å²) in [7, 11) is 0. The van der Waals surface area contributed by atoms with Gasteiger partial charge in [-0.1, -0.05) is 6.07 Å². The van der Waals surface area contributed by atoms with Crippen molar-refractivity contribution in [2.75, 3.05) is 19.9 Å².